The van der Waals surface area contributed by atoms with Crippen LogP contribution in [0.1, 0.15) is 15.9 Å². The Balaban J connectivity index is 2.12. The lowest BCUT2D eigenvalue weighted by molar-refractivity contribution is 0.0697. The number of carbonyl (C=O) groups is 1. The minimum Gasteiger partial charge on any atom is -0.478 e. The quantitative estimate of drug-likeness (QED) is 0.871. The number of carboxylic acid groups (broad SMARTS) is 1. The summed E-state index contributed by atoms with van der Waals surface area (Å²) < 4.78 is 0. The van der Waals surface area contributed by atoms with Crippen molar-refractivity contribution in [2.75, 3.05) is 0 Å². The van der Waals surface area contributed by atoms with Gasteiger partial charge in [-0.1, -0.05) is 42.5 Å². The van der Waals surface area contributed by atoms with E-state index in [9.17, 15) is 4.79 Å². The predicted octanol–water partition coefficient (Wildman–Crippen LogP) is 2.82. The maximum atomic E-state index is 11.0. The van der Waals surface area contributed by atoms with Crippen molar-refractivity contribution in [2.45, 2.75) is 6.54 Å². The molecule has 0 amide bonds. The third-order valence-electron chi connectivity index (χ3n) is 2.41. The number of carboxylic acids is 1. The zero-order valence-corrected chi connectivity index (χ0v) is 9.21. The highest BCUT2D eigenvalue weighted by Gasteiger charge is 2.09. The third-order valence-corrected chi connectivity index (χ3v) is 2.41. The molecular formula is C14H12NO2. The van der Waals surface area contributed by atoms with E-state index >= 15 is 0 Å². The van der Waals surface area contributed by atoms with Gasteiger partial charge in [0.25, 0.3) is 0 Å². The number of para-hydroxylation sites is 1. The average molecular weight is 226 g/mol. The highest BCUT2D eigenvalue weighted by molar-refractivity contribution is 5.93. The van der Waals surface area contributed by atoms with Gasteiger partial charge in [0.05, 0.1) is 17.8 Å². The van der Waals surface area contributed by atoms with E-state index in [1.807, 2.05) is 30.3 Å². The molecule has 2 rings (SSSR count). The molecule has 0 fully saturated rings. The molecule has 0 aromatic heterocycles. The summed E-state index contributed by atoms with van der Waals surface area (Å²) in [5, 5.41) is 13.3. The Labute approximate surface area is 99.7 Å². The normalized spacial score (nSPS) is 9.88. The van der Waals surface area contributed by atoms with Gasteiger partial charge in [0.15, 0.2) is 0 Å². The maximum absolute atomic E-state index is 11.0. The Morgan fingerprint density at radius 3 is 2.35 bits per heavy atom. The highest BCUT2D eigenvalue weighted by atomic mass is 16.4. The van der Waals surface area contributed by atoms with Crippen molar-refractivity contribution in [3.05, 3.63) is 65.7 Å². The minimum atomic E-state index is -0.947. The van der Waals surface area contributed by atoms with Crippen LogP contribution in [0, 0.1) is 0 Å². The zero-order valence-electron chi connectivity index (χ0n) is 9.21. The first kappa shape index (κ1) is 11.2. The molecule has 0 aliphatic carbocycles. The second-order valence-corrected chi connectivity index (χ2v) is 3.62. The molecule has 85 valence electrons. The fourth-order valence-corrected chi connectivity index (χ4v) is 1.55. The summed E-state index contributed by atoms with van der Waals surface area (Å²) in [5.74, 6) is -0.947. The number of hydrogen-bond donors (Lipinski definition) is 1. The second-order valence-electron chi connectivity index (χ2n) is 3.62. The van der Waals surface area contributed by atoms with E-state index in [0.29, 0.717) is 12.2 Å². The number of rotatable bonds is 4. The molecule has 0 aliphatic rings. The van der Waals surface area contributed by atoms with Gasteiger partial charge in [-0.15, -0.1) is 0 Å². The van der Waals surface area contributed by atoms with Crippen LogP contribution in [0.15, 0.2) is 54.6 Å². The SMILES string of the molecule is O=C(O)c1ccccc1[N]Cc1ccccc1. The zero-order chi connectivity index (χ0) is 12.1. The van der Waals surface area contributed by atoms with Gasteiger partial charge in [-0.2, -0.15) is 0 Å². The van der Waals surface area contributed by atoms with Crippen LogP contribution >= 0.6 is 0 Å². The lowest BCUT2D eigenvalue weighted by Crippen LogP contribution is -2.05. The molecule has 0 unspecified atom stereocenters. The lowest BCUT2D eigenvalue weighted by Gasteiger charge is -2.06. The third kappa shape index (κ3) is 2.84. The van der Waals surface area contributed by atoms with Crippen LogP contribution in [0.25, 0.3) is 0 Å². The highest BCUT2D eigenvalue weighted by Crippen LogP contribution is 2.16. The molecular weight excluding hydrogens is 214 g/mol. The molecule has 0 atom stereocenters. The lowest BCUT2D eigenvalue weighted by atomic mass is 10.1. The first-order chi connectivity index (χ1) is 8.27. The standard InChI is InChI=1S/C14H12NO2/c16-14(17)12-8-4-5-9-13(12)15-10-11-6-2-1-3-7-11/h1-9H,10H2,(H,16,17). The van der Waals surface area contributed by atoms with E-state index in [-0.39, 0.29) is 5.56 Å². The van der Waals surface area contributed by atoms with Crippen molar-refractivity contribution in [1.29, 1.82) is 0 Å². The van der Waals surface area contributed by atoms with Crippen LogP contribution in [-0.4, -0.2) is 11.1 Å². The predicted molar refractivity (Wildman–Crippen MR) is 65.3 cm³/mol. The van der Waals surface area contributed by atoms with E-state index in [4.69, 9.17) is 5.11 Å². The van der Waals surface area contributed by atoms with Crippen LogP contribution in [0.3, 0.4) is 0 Å². The Hall–Kier alpha value is -2.29. The van der Waals surface area contributed by atoms with Gasteiger partial charge in [-0.3, -0.25) is 5.32 Å². The molecule has 1 radical (unpaired) electrons. The molecule has 3 heteroatoms. The number of benzene rings is 2. The number of aromatic carboxylic acids is 1. The Bertz CT molecular complexity index is 509. The van der Waals surface area contributed by atoms with E-state index in [0.717, 1.165) is 5.56 Å². The summed E-state index contributed by atoms with van der Waals surface area (Å²) in [6, 6.07) is 16.5. The molecule has 2 aromatic rings. The average Bonchev–Trinajstić information content (AvgIpc) is 2.38. The van der Waals surface area contributed by atoms with Crippen molar-refractivity contribution in [3.63, 3.8) is 0 Å². The van der Waals surface area contributed by atoms with Crippen LogP contribution < -0.4 is 5.32 Å². The smallest absolute Gasteiger partial charge is 0.337 e. The molecule has 0 saturated heterocycles. The first-order valence-corrected chi connectivity index (χ1v) is 5.31. The summed E-state index contributed by atoms with van der Waals surface area (Å²) in [7, 11) is 0. The molecule has 0 heterocycles. The van der Waals surface area contributed by atoms with E-state index in [2.05, 4.69) is 5.32 Å². The van der Waals surface area contributed by atoms with Crippen molar-refractivity contribution >= 4 is 11.7 Å². The van der Waals surface area contributed by atoms with Crippen LogP contribution in [0.4, 0.5) is 5.69 Å². The van der Waals surface area contributed by atoms with Crippen molar-refractivity contribution in [3.8, 4) is 0 Å². The summed E-state index contributed by atoms with van der Waals surface area (Å²) in [6.45, 7) is 0.491. The van der Waals surface area contributed by atoms with Gasteiger partial charge >= 0.3 is 5.97 Å². The van der Waals surface area contributed by atoms with Crippen LogP contribution in [0.5, 0.6) is 0 Å². The molecule has 1 N–H and O–H groups in total. The van der Waals surface area contributed by atoms with Crippen molar-refractivity contribution in [1.82, 2.24) is 5.32 Å². The topological polar surface area (TPSA) is 51.4 Å². The van der Waals surface area contributed by atoms with E-state index < -0.39 is 5.97 Å². The monoisotopic (exact) mass is 226 g/mol. The first-order valence-electron chi connectivity index (χ1n) is 5.31. The van der Waals surface area contributed by atoms with Gasteiger partial charge in [-0.25, -0.2) is 4.79 Å². The van der Waals surface area contributed by atoms with E-state index in [1.165, 1.54) is 0 Å². The Morgan fingerprint density at radius 2 is 1.65 bits per heavy atom. The molecule has 17 heavy (non-hydrogen) atoms. The number of hydrogen-bond acceptors (Lipinski definition) is 1. The fourth-order valence-electron chi connectivity index (χ4n) is 1.55. The molecule has 0 saturated carbocycles. The second kappa shape index (κ2) is 5.16. The molecule has 3 nitrogen and oxygen atoms in total. The summed E-state index contributed by atoms with van der Waals surface area (Å²) in [6.07, 6.45) is 0. The van der Waals surface area contributed by atoms with Gasteiger partial charge < -0.3 is 5.11 Å². The maximum Gasteiger partial charge on any atom is 0.337 e. The Morgan fingerprint density at radius 1 is 1.00 bits per heavy atom. The number of nitrogens with zero attached hydrogens (tertiary/aromatic N) is 1. The van der Waals surface area contributed by atoms with E-state index in [1.54, 1.807) is 24.3 Å². The van der Waals surface area contributed by atoms with Crippen molar-refractivity contribution < 1.29 is 9.90 Å². The van der Waals surface area contributed by atoms with Crippen LogP contribution in [-0.2, 0) is 6.54 Å². The van der Waals surface area contributed by atoms with Crippen molar-refractivity contribution in [2.24, 2.45) is 0 Å². The molecule has 2 aromatic carbocycles. The molecule has 0 bridgehead atoms. The largest absolute Gasteiger partial charge is 0.478 e. The van der Waals surface area contributed by atoms with Gasteiger partial charge in [-0.05, 0) is 17.7 Å². The van der Waals surface area contributed by atoms with Gasteiger partial charge in [0, 0.05) is 0 Å². The summed E-state index contributed by atoms with van der Waals surface area (Å²) >= 11 is 0. The van der Waals surface area contributed by atoms with Crippen LogP contribution in [0.2, 0.25) is 0 Å². The van der Waals surface area contributed by atoms with Gasteiger partial charge in [0.1, 0.15) is 0 Å². The molecule has 0 aliphatic heterocycles. The van der Waals surface area contributed by atoms with Gasteiger partial charge in [0.2, 0.25) is 0 Å². The Kier molecular flexibility index (Phi) is 3.40. The summed E-state index contributed by atoms with van der Waals surface area (Å²) in [4.78, 5) is 11.0. The fraction of sp³-hybridized carbons (Fsp3) is 0.0714. The molecule has 0 spiro atoms. The minimum absolute atomic E-state index is 0.239. The summed E-state index contributed by atoms with van der Waals surface area (Å²) in [5.41, 5.74) is 1.82.